The van der Waals surface area contributed by atoms with Crippen molar-refractivity contribution in [1.29, 1.82) is 0 Å². The molecule has 9 heteroatoms. The number of carbonyl (C=O) groups is 1. The third kappa shape index (κ3) is 8.30. The highest BCUT2D eigenvalue weighted by Crippen LogP contribution is 2.21. The second-order valence-corrected chi connectivity index (χ2v) is 11.0. The summed E-state index contributed by atoms with van der Waals surface area (Å²) in [7, 11) is -1.44. The molecule has 0 N–H and O–H groups in total. The van der Waals surface area contributed by atoms with Crippen LogP contribution in [0.5, 0.6) is 5.75 Å². The Bertz CT molecular complexity index is 1110. The van der Waals surface area contributed by atoms with Crippen molar-refractivity contribution in [3.63, 3.8) is 0 Å². The lowest BCUT2D eigenvalue weighted by Crippen LogP contribution is -2.45. The van der Waals surface area contributed by atoms with E-state index in [1.54, 1.807) is 0 Å². The average Bonchev–Trinajstić information content (AvgIpc) is 2.86. The number of benzene rings is 3. The van der Waals surface area contributed by atoms with E-state index in [9.17, 15) is 14.9 Å². The molecule has 0 amide bonds. The summed E-state index contributed by atoms with van der Waals surface area (Å²) in [5.41, 5.74) is 1.27. The largest absolute Gasteiger partial charge is 0.513 e. The van der Waals surface area contributed by atoms with Crippen LogP contribution in [0.3, 0.4) is 0 Å². The van der Waals surface area contributed by atoms with E-state index in [0.717, 1.165) is 10.4 Å². The van der Waals surface area contributed by atoms with E-state index in [4.69, 9.17) is 18.6 Å². The van der Waals surface area contributed by atoms with Gasteiger partial charge in [0.1, 0.15) is 12.4 Å². The van der Waals surface area contributed by atoms with Crippen molar-refractivity contribution in [2.75, 3.05) is 26.4 Å². The van der Waals surface area contributed by atoms with Crippen LogP contribution in [0, 0.1) is 10.1 Å². The number of hydrogen-bond donors (Lipinski definition) is 0. The smallest absolute Gasteiger partial charge is 0.432 e. The predicted octanol–water partition coefficient (Wildman–Crippen LogP) is 4.25. The molecule has 0 spiro atoms. The van der Waals surface area contributed by atoms with Crippen LogP contribution in [0.4, 0.5) is 10.5 Å². The van der Waals surface area contributed by atoms with Gasteiger partial charge < -0.3 is 18.6 Å². The molecule has 0 unspecified atom stereocenters. The van der Waals surface area contributed by atoms with Crippen molar-refractivity contribution >= 4 is 31.3 Å². The highest BCUT2D eigenvalue weighted by atomic mass is 28.3. The van der Waals surface area contributed by atoms with Crippen molar-refractivity contribution in [3.05, 3.63) is 94.5 Å². The Morgan fingerprint density at radius 3 is 2.06 bits per heavy atom. The number of carbonyl (C=O) groups excluding carboxylic acids is 1. The minimum absolute atomic E-state index is 0.0105. The minimum Gasteiger partial charge on any atom is -0.432 e. The van der Waals surface area contributed by atoms with Gasteiger partial charge in [-0.3, -0.25) is 10.1 Å². The van der Waals surface area contributed by atoms with Gasteiger partial charge in [-0.15, -0.1) is 0 Å². The number of hydrogen-bond acceptors (Lipinski definition) is 7. The number of nitrogens with zero attached hydrogens (tertiary/aromatic N) is 1. The van der Waals surface area contributed by atoms with Crippen LogP contribution in [0.25, 0.3) is 0 Å². The Morgan fingerprint density at radius 2 is 1.44 bits per heavy atom. The summed E-state index contributed by atoms with van der Waals surface area (Å²) in [6.07, 6.45) is -0.906. The maximum atomic E-state index is 11.8. The number of nitro groups is 1. The van der Waals surface area contributed by atoms with Crippen LogP contribution >= 0.6 is 0 Å². The zero-order chi connectivity index (χ0) is 26.0. The Hall–Kier alpha value is -3.53. The van der Waals surface area contributed by atoms with Gasteiger partial charge in [-0.25, -0.2) is 4.79 Å². The van der Waals surface area contributed by atoms with E-state index in [1.165, 1.54) is 29.8 Å². The van der Waals surface area contributed by atoms with E-state index >= 15 is 0 Å². The molecule has 3 rings (SSSR count). The standard InChI is InChI=1S/C27H30NO7Si/c1-27(2,3)21-9-15-25(16-10-21)36(24-7-5-4-6-8-24)34-20-18-32-17-19-33-26(29)35-23-13-11-22(12-14-23)28(30)31/h4-16H,17-20H2,1-3H3. The monoisotopic (exact) mass is 508 g/mol. The average molecular weight is 509 g/mol. The maximum absolute atomic E-state index is 11.8. The van der Waals surface area contributed by atoms with Gasteiger partial charge in [-0.05, 0) is 33.5 Å². The molecule has 3 aromatic carbocycles. The Morgan fingerprint density at radius 1 is 0.833 bits per heavy atom. The molecule has 3 aromatic rings. The summed E-state index contributed by atoms with van der Waals surface area (Å²) in [6.45, 7) is 7.52. The van der Waals surface area contributed by atoms with E-state index in [-0.39, 0.29) is 30.1 Å². The molecule has 0 aromatic heterocycles. The van der Waals surface area contributed by atoms with Crippen LogP contribution in [0.2, 0.25) is 0 Å². The second kappa shape index (κ2) is 13.0. The second-order valence-electron chi connectivity index (χ2n) is 8.93. The first-order valence-corrected chi connectivity index (χ1v) is 13.0. The van der Waals surface area contributed by atoms with Crippen LogP contribution in [0.15, 0.2) is 78.9 Å². The van der Waals surface area contributed by atoms with E-state index < -0.39 is 20.1 Å². The lowest BCUT2D eigenvalue weighted by Gasteiger charge is -2.21. The summed E-state index contributed by atoms with van der Waals surface area (Å²) < 4.78 is 21.8. The van der Waals surface area contributed by atoms with Gasteiger partial charge >= 0.3 is 6.16 Å². The summed E-state index contributed by atoms with van der Waals surface area (Å²) in [6, 6.07) is 23.9. The molecule has 0 saturated heterocycles. The first-order chi connectivity index (χ1) is 17.2. The number of ether oxygens (including phenoxy) is 3. The molecule has 36 heavy (non-hydrogen) atoms. The number of nitro benzene ring substituents is 1. The fourth-order valence-corrected chi connectivity index (χ4v) is 5.21. The fourth-order valence-electron chi connectivity index (χ4n) is 3.29. The third-order valence-corrected chi connectivity index (χ3v) is 7.43. The highest BCUT2D eigenvalue weighted by molar-refractivity contribution is 6.80. The third-order valence-electron chi connectivity index (χ3n) is 5.22. The molecular weight excluding hydrogens is 478 g/mol. The zero-order valence-corrected chi connectivity index (χ0v) is 21.6. The van der Waals surface area contributed by atoms with Crippen LogP contribution in [-0.4, -0.2) is 46.5 Å². The fraction of sp³-hybridized carbons (Fsp3) is 0.296. The summed E-state index contributed by atoms with van der Waals surface area (Å²) in [5, 5.41) is 13.0. The molecule has 0 atom stereocenters. The lowest BCUT2D eigenvalue weighted by molar-refractivity contribution is -0.384. The topological polar surface area (TPSA) is 97.1 Å². The Kier molecular flexibility index (Phi) is 9.74. The van der Waals surface area contributed by atoms with E-state index in [0.29, 0.717) is 13.2 Å². The quantitative estimate of drug-likeness (QED) is 0.0954. The molecule has 0 aliphatic carbocycles. The molecule has 1 radical (unpaired) electrons. The minimum atomic E-state index is -1.44. The lowest BCUT2D eigenvalue weighted by atomic mass is 9.87. The van der Waals surface area contributed by atoms with E-state index in [2.05, 4.69) is 57.2 Å². The van der Waals surface area contributed by atoms with Gasteiger partial charge in [0.05, 0.1) is 24.7 Å². The van der Waals surface area contributed by atoms with Crippen molar-refractivity contribution in [2.24, 2.45) is 0 Å². The maximum Gasteiger partial charge on any atom is 0.513 e. The SMILES string of the molecule is CC(C)(C)c1ccc([Si](OCCOCCOC(=O)Oc2ccc([N+](=O)[O-])cc2)c2ccccc2)cc1. The summed E-state index contributed by atoms with van der Waals surface area (Å²) in [5.74, 6) is 0.158. The van der Waals surface area contributed by atoms with Crippen LogP contribution in [-0.2, 0) is 19.3 Å². The van der Waals surface area contributed by atoms with Gasteiger partial charge in [0, 0.05) is 12.1 Å². The Balaban J connectivity index is 1.42. The normalized spacial score (nSPS) is 11.3. The van der Waals surface area contributed by atoms with Crippen molar-refractivity contribution in [1.82, 2.24) is 0 Å². The zero-order valence-electron chi connectivity index (χ0n) is 20.6. The van der Waals surface area contributed by atoms with Crippen LogP contribution < -0.4 is 15.1 Å². The van der Waals surface area contributed by atoms with Gasteiger partial charge in [0.25, 0.3) is 14.7 Å². The van der Waals surface area contributed by atoms with Gasteiger partial charge in [-0.2, -0.15) is 0 Å². The highest BCUT2D eigenvalue weighted by Gasteiger charge is 2.21. The van der Waals surface area contributed by atoms with Gasteiger partial charge in [0.2, 0.25) is 0 Å². The Labute approximate surface area is 212 Å². The van der Waals surface area contributed by atoms with Gasteiger partial charge in [-0.1, -0.05) is 75.4 Å². The molecule has 0 bridgehead atoms. The molecule has 0 aliphatic heterocycles. The first kappa shape index (κ1) is 27.1. The van der Waals surface area contributed by atoms with Crippen molar-refractivity contribution < 1.29 is 28.4 Å². The van der Waals surface area contributed by atoms with E-state index in [1.807, 2.05) is 18.2 Å². The first-order valence-electron chi connectivity index (χ1n) is 11.6. The van der Waals surface area contributed by atoms with Gasteiger partial charge in [0.15, 0.2) is 0 Å². The number of non-ortho nitro benzene ring substituents is 1. The number of rotatable bonds is 11. The molecular formula is C27H30NO7Si. The van der Waals surface area contributed by atoms with Crippen molar-refractivity contribution in [2.45, 2.75) is 26.2 Å². The predicted molar refractivity (Wildman–Crippen MR) is 138 cm³/mol. The van der Waals surface area contributed by atoms with Crippen molar-refractivity contribution in [3.8, 4) is 5.75 Å². The molecule has 0 heterocycles. The molecule has 0 aliphatic rings. The molecule has 0 saturated carbocycles. The van der Waals surface area contributed by atoms with Crippen LogP contribution in [0.1, 0.15) is 26.3 Å². The summed E-state index contributed by atoms with van der Waals surface area (Å²) in [4.78, 5) is 21.9. The molecule has 189 valence electrons. The molecule has 0 fully saturated rings. The summed E-state index contributed by atoms with van der Waals surface area (Å²) >= 11 is 0. The molecule has 8 nitrogen and oxygen atoms in total.